The minimum absolute atomic E-state index is 0.174. The van der Waals surface area contributed by atoms with Crippen LogP contribution < -0.4 is 5.32 Å². The minimum Gasteiger partial charge on any atom is -0.356 e. The van der Waals surface area contributed by atoms with E-state index in [2.05, 4.69) is 24.1 Å². The van der Waals surface area contributed by atoms with Crippen LogP contribution in [-0.2, 0) is 4.79 Å². The maximum atomic E-state index is 11.1. The molecular formula is C11H22N2O. The molecule has 0 aromatic heterocycles. The Morgan fingerprint density at radius 3 is 2.79 bits per heavy atom. The highest BCUT2D eigenvalue weighted by Crippen LogP contribution is 2.17. The van der Waals surface area contributed by atoms with Gasteiger partial charge in [0.25, 0.3) is 0 Å². The number of amides is 1. The summed E-state index contributed by atoms with van der Waals surface area (Å²) in [5.41, 5.74) is 0. The van der Waals surface area contributed by atoms with Crippen molar-refractivity contribution >= 4 is 5.91 Å². The molecule has 0 aliphatic carbocycles. The van der Waals surface area contributed by atoms with Gasteiger partial charge in [-0.05, 0) is 32.7 Å². The highest BCUT2D eigenvalue weighted by molar-refractivity contribution is 5.75. The molecule has 14 heavy (non-hydrogen) atoms. The zero-order chi connectivity index (χ0) is 10.6. The molecule has 1 unspecified atom stereocenters. The summed E-state index contributed by atoms with van der Waals surface area (Å²) in [6.45, 7) is 9.53. The number of nitrogens with one attached hydrogen (secondary N) is 1. The first-order valence-corrected chi connectivity index (χ1v) is 5.64. The fourth-order valence-corrected chi connectivity index (χ4v) is 1.88. The van der Waals surface area contributed by atoms with E-state index >= 15 is 0 Å². The second kappa shape index (κ2) is 5.35. The fraction of sp³-hybridized carbons (Fsp3) is 0.909. The lowest BCUT2D eigenvalue weighted by Gasteiger charge is -2.20. The van der Waals surface area contributed by atoms with Gasteiger partial charge in [0.2, 0.25) is 5.91 Å². The van der Waals surface area contributed by atoms with Gasteiger partial charge in [0.15, 0.2) is 0 Å². The number of hydrogen-bond donors (Lipinski definition) is 1. The molecule has 82 valence electrons. The molecule has 0 saturated carbocycles. The van der Waals surface area contributed by atoms with Crippen molar-refractivity contribution in [2.45, 2.75) is 39.7 Å². The Hall–Kier alpha value is -0.570. The quantitative estimate of drug-likeness (QED) is 0.737. The first-order valence-electron chi connectivity index (χ1n) is 5.64. The van der Waals surface area contributed by atoms with Gasteiger partial charge in [-0.25, -0.2) is 0 Å². The molecule has 1 N–H and O–H groups in total. The average Bonchev–Trinajstić information content (AvgIpc) is 2.62. The topological polar surface area (TPSA) is 32.3 Å². The van der Waals surface area contributed by atoms with Crippen molar-refractivity contribution in [2.24, 2.45) is 5.92 Å². The van der Waals surface area contributed by atoms with Gasteiger partial charge < -0.3 is 10.2 Å². The van der Waals surface area contributed by atoms with E-state index in [-0.39, 0.29) is 5.91 Å². The Bertz CT molecular complexity index is 192. The summed E-state index contributed by atoms with van der Waals surface area (Å²) < 4.78 is 0. The summed E-state index contributed by atoms with van der Waals surface area (Å²) in [5.74, 6) is 0.834. The van der Waals surface area contributed by atoms with E-state index in [0.29, 0.717) is 18.4 Å². The Morgan fingerprint density at radius 2 is 2.29 bits per heavy atom. The molecule has 0 radical (unpaired) electrons. The molecule has 0 aromatic rings. The first kappa shape index (κ1) is 11.5. The van der Waals surface area contributed by atoms with E-state index in [1.165, 1.54) is 13.0 Å². The lowest BCUT2D eigenvalue weighted by atomic mass is 10.1. The first-order chi connectivity index (χ1) is 6.63. The number of hydrogen-bond acceptors (Lipinski definition) is 2. The maximum Gasteiger partial charge on any atom is 0.219 e. The second-order valence-corrected chi connectivity index (χ2v) is 4.40. The Morgan fingerprint density at radius 1 is 1.57 bits per heavy atom. The van der Waals surface area contributed by atoms with E-state index in [0.717, 1.165) is 13.1 Å². The van der Waals surface area contributed by atoms with Crippen LogP contribution in [0.25, 0.3) is 0 Å². The van der Waals surface area contributed by atoms with Crippen LogP contribution in [0.1, 0.15) is 33.6 Å². The second-order valence-electron chi connectivity index (χ2n) is 4.40. The monoisotopic (exact) mass is 198 g/mol. The van der Waals surface area contributed by atoms with Crippen LogP contribution in [0.15, 0.2) is 0 Å². The highest BCUT2D eigenvalue weighted by Gasteiger charge is 2.23. The number of carbonyl (C=O) groups is 1. The van der Waals surface area contributed by atoms with E-state index < -0.39 is 0 Å². The van der Waals surface area contributed by atoms with Crippen molar-refractivity contribution in [1.82, 2.24) is 10.2 Å². The van der Waals surface area contributed by atoms with Crippen molar-refractivity contribution in [1.29, 1.82) is 0 Å². The number of carbonyl (C=O) groups excluding carboxylic acids is 1. The Labute approximate surface area is 86.9 Å². The van der Waals surface area contributed by atoms with Gasteiger partial charge >= 0.3 is 0 Å². The van der Waals surface area contributed by atoms with E-state index in [1.54, 1.807) is 0 Å². The van der Waals surface area contributed by atoms with Gasteiger partial charge in [0.1, 0.15) is 0 Å². The Kier molecular flexibility index (Phi) is 4.39. The molecule has 3 heteroatoms. The van der Waals surface area contributed by atoms with Crippen LogP contribution in [0.2, 0.25) is 0 Å². The molecule has 1 rings (SSSR count). The smallest absolute Gasteiger partial charge is 0.219 e. The van der Waals surface area contributed by atoms with Crippen molar-refractivity contribution < 1.29 is 4.79 Å². The molecule has 1 fully saturated rings. The zero-order valence-corrected chi connectivity index (χ0v) is 9.55. The third kappa shape index (κ3) is 3.29. The van der Waals surface area contributed by atoms with Gasteiger partial charge in [-0.1, -0.05) is 6.92 Å². The van der Waals surface area contributed by atoms with Crippen LogP contribution in [-0.4, -0.2) is 36.5 Å². The average molecular weight is 198 g/mol. The van der Waals surface area contributed by atoms with Gasteiger partial charge in [0.05, 0.1) is 0 Å². The molecule has 1 aliphatic rings. The minimum atomic E-state index is 0.174. The summed E-state index contributed by atoms with van der Waals surface area (Å²) in [4.78, 5) is 13.5. The fourth-order valence-electron chi connectivity index (χ4n) is 1.88. The summed E-state index contributed by atoms with van der Waals surface area (Å²) in [6, 6.07) is 0.641. The number of nitrogens with zero attached hydrogens (tertiary/aromatic N) is 1. The van der Waals surface area contributed by atoms with E-state index in [9.17, 15) is 4.79 Å². The van der Waals surface area contributed by atoms with Crippen LogP contribution in [0.4, 0.5) is 0 Å². The molecule has 3 nitrogen and oxygen atoms in total. The number of likely N-dealkylation sites (tertiary alicyclic amines) is 1. The molecule has 0 spiro atoms. The number of rotatable bonds is 4. The highest BCUT2D eigenvalue weighted by atomic mass is 16.1. The van der Waals surface area contributed by atoms with Crippen LogP contribution in [0.5, 0.6) is 0 Å². The lowest BCUT2D eigenvalue weighted by molar-refractivity contribution is -0.120. The molecule has 0 bridgehead atoms. The summed E-state index contributed by atoms with van der Waals surface area (Å²) in [5, 5.41) is 2.97. The normalized spacial score (nSPS) is 23.0. The summed E-state index contributed by atoms with van der Waals surface area (Å²) in [7, 11) is 0. The van der Waals surface area contributed by atoms with Crippen molar-refractivity contribution in [3.63, 3.8) is 0 Å². The molecule has 1 heterocycles. The van der Waals surface area contributed by atoms with Gasteiger partial charge in [0, 0.05) is 25.6 Å². The van der Waals surface area contributed by atoms with Crippen molar-refractivity contribution in [3.05, 3.63) is 0 Å². The summed E-state index contributed by atoms with van der Waals surface area (Å²) in [6.07, 6.45) is 1.82. The molecule has 1 aliphatic heterocycles. The zero-order valence-electron chi connectivity index (χ0n) is 9.55. The van der Waals surface area contributed by atoms with Crippen molar-refractivity contribution in [3.8, 4) is 0 Å². The standard InChI is InChI=1S/C11H22N2O/c1-4-11(14)12-7-10-5-6-13(8-10)9(2)3/h9-10H,4-8H2,1-3H3,(H,12,14). The van der Waals surface area contributed by atoms with E-state index in [1.807, 2.05) is 6.92 Å². The molecule has 1 amide bonds. The lowest BCUT2D eigenvalue weighted by Crippen LogP contribution is -2.32. The molecule has 1 saturated heterocycles. The van der Waals surface area contributed by atoms with E-state index in [4.69, 9.17) is 0 Å². The summed E-state index contributed by atoms with van der Waals surface area (Å²) >= 11 is 0. The third-order valence-electron chi connectivity index (χ3n) is 2.96. The van der Waals surface area contributed by atoms with Crippen LogP contribution in [0.3, 0.4) is 0 Å². The van der Waals surface area contributed by atoms with Gasteiger partial charge in [-0.2, -0.15) is 0 Å². The van der Waals surface area contributed by atoms with Crippen LogP contribution >= 0.6 is 0 Å². The van der Waals surface area contributed by atoms with Gasteiger partial charge in [-0.3, -0.25) is 4.79 Å². The van der Waals surface area contributed by atoms with Crippen molar-refractivity contribution in [2.75, 3.05) is 19.6 Å². The third-order valence-corrected chi connectivity index (χ3v) is 2.96. The molecular weight excluding hydrogens is 176 g/mol. The predicted molar refractivity (Wildman–Crippen MR) is 58.1 cm³/mol. The van der Waals surface area contributed by atoms with Crippen LogP contribution in [0, 0.1) is 5.92 Å². The molecule has 0 aromatic carbocycles. The largest absolute Gasteiger partial charge is 0.356 e. The van der Waals surface area contributed by atoms with Gasteiger partial charge in [-0.15, -0.1) is 0 Å². The molecule has 1 atom stereocenters. The SMILES string of the molecule is CCC(=O)NCC1CCN(C(C)C)C1. The maximum absolute atomic E-state index is 11.1. The predicted octanol–water partition coefficient (Wildman–Crippen LogP) is 1.24. The Balaban J connectivity index is 2.19.